The maximum Gasteiger partial charge on any atom is 0.310 e. The summed E-state index contributed by atoms with van der Waals surface area (Å²) in [4.78, 5) is 17.6. The lowest BCUT2D eigenvalue weighted by Crippen LogP contribution is -2.08. The Morgan fingerprint density at radius 1 is 1.12 bits per heavy atom. The van der Waals surface area contributed by atoms with E-state index in [4.69, 9.17) is 9.73 Å². The molecule has 0 saturated carbocycles. The van der Waals surface area contributed by atoms with Gasteiger partial charge in [-0.3, -0.25) is 9.79 Å². The number of esters is 1. The van der Waals surface area contributed by atoms with E-state index in [2.05, 4.69) is 17.5 Å². The fraction of sp³-hybridized carbons (Fsp3) is 0.200. The van der Waals surface area contributed by atoms with E-state index < -0.39 is 0 Å². The average Bonchev–Trinajstić information content (AvgIpc) is 2.75. The summed E-state index contributed by atoms with van der Waals surface area (Å²) < 4.78 is 5.00. The van der Waals surface area contributed by atoms with Crippen molar-refractivity contribution in [3.05, 3.63) is 76.3 Å². The SMILES string of the molecule is CCOC(=O)Cc1ccc(C2=NC(C)=CSc3ccccc32)cc1. The number of ether oxygens (including phenoxy) is 1. The molecule has 2 aromatic rings. The molecule has 1 aliphatic heterocycles. The van der Waals surface area contributed by atoms with Crippen LogP contribution in [0.2, 0.25) is 0 Å². The molecule has 0 unspecified atom stereocenters. The lowest BCUT2D eigenvalue weighted by molar-refractivity contribution is -0.142. The number of carbonyl (C=O) groups is 1. The monoisotopic (exact) mass is 337 g/mol. The zero-order valence-corrected chi connectivity index (χ0v) is 14.6. The van der Waals surface area contributed by atoms with Crippen molar-refractivity contribution < 1.29 is 9.53 Å². The lowest BCUT2D eigenvalue weighted by Gasteiger charge is -2.10. The summed E-state index contributed by atoms with van der Waals surface area (Å²) in [5.41, 5.74) is 5.08. The van der Waals surface area contributed by atoms with E-state index in [9.17, 15) is 4.79 Å². The number of benzene rings is 2. The minimum atomic E-state index is -0.197. The summed E-state index contributed by atoms with van der Waals surface area (Å²) in [5.74, 6) is -0.197. The molecular weight excluding hydrogens is 318 g/mol. The van der Waals surface area contributed by atoms with Crippen LogP contribution in [0.4, 0.5) is 0 Å². The summed E-state index contributed by atoms with van der Waals surface area (Å²) in [5, 5.41) is 2.07. The van der Waals surface area contributed by atoms with Gasteiger partial charge in [0.2, 0.25) is 0 Å². The summed E-state index contributed by atoms with van der Waals surface area (Å²) in [7, 11) is 0. The number of nitrogens with zero attached hydrogens (tertiary/aromatic N) is 1. The third-order valence-corrected chi connectivity index (χ3v) is 4.74. The number of aliphatic imine (C=N–C) groups is 1. The van der Waals surface area contributed by atoms with Crippen LogP contribution in [-0.2, 0) is 16.0 Å². The standard InChI is InChI=1S/C20H19NO2S/c1-3-23-19(22)12-15-8-10-16(11-9-15)20-17-6-4-5-7-18(17)24-13-14(2)21-20/h4-11,13H,3,12H2,1-2H3. The molecule has 0 amide bonds. The van der Waals surface area contributed by atoms with E-state index in [1.165, 1.54) is 4.90 Å². The minimum Gasteiger partial charge on any atom is -0.466 e. The molecule has 0 aromatic heterocycles. The fourth-order valence-electron chi connectivity index (χ4n) is 2.56. The van der Waals surface area contributed by atoms with Gasteiger partial charge in [-0.2, -0.15) is 0 Å². The van der Waals surface area contributed by atoms with Crippen LogP contribution in [0.5, 0.6) is 0 Å². The highest BCUT2D eigenvalue weighted by Gasteiger charge is 2.15. The Morgan fingerprint density at radius 2 is 1.88 bits per heavy atom. The smallest absolute Gasteiger partial charge is 0.310 e. The summed E-state index contributed by atoms with van der Waals surface area (Å²) in [6.45, 7) is 4.23. The zero-order chi connectivity index (χ0) is 16.9. The molecule has 0 fully saturated rings. The summed E-state index contributed by atoms with van der Waals surface area (Å²) in [6, 6.07) is 16.3. The molecule has 0 radical (unpaired) electrons. The van der Waals surface area contributed by atoms with Crippen LogP contribution in [0.15, 0.2) is 69.5 Å². The Morgan fingerprint density at radius 3 is 2.62 bits per heavy atom. The maximum absolute atomic E-state index is 11.6. The van der Waals surface area contributed by atoms with Crippen molar-refractivity contribution in [2.24, 2.45) is 4.99 Å². The molecule has 4 heteroatoms. The van der Waals surface area contributed by atoms with Crippen LogP contribution in [0.1, 0.15) is 30.5 Å². The predicted octanol–water partition coefficient (Wildman–Crippen LogP) is 4.60. The molecule has 0 bridgehead atoms. The van der Waals surface area contributed by atoms with Crippen molar-refractivity contribution in [2.75, 3.05) is 6.61 Å². The molecule has 0 spiro atoms. The molecule has 0 aliphatic carbocycles. The van der Waals surface area contributed by atoms with E-state index in [-0.39, 0.29) is 5.97 Å². The average molecular weight is 337 g/mol. The largest absolute Gasteiger partial charge is 0.466 e. The van der Waals surface area contributed by atoms with Gasteiger partial charge in [-0.15, -0.1) is 0 Å². The van der Waals surface area contributed by atoms with Gasteiger partial charge in [0.15, 0.2) is 0 Å². The van der Waals surface area contributed by atoms with Gasteiger partial charge in [0.25, 0.3) is 0 Å². The van der Waals surface area contributed by atoms with E-state index in [0.29, 0.717) is 13.0 Å². The first-order valence-corrected chi connectivity index (χ1v) is 8.82. The Hall–Kier alpha value is -2.33. The van der Waals surface area contributed by atoms with Gasteiger partial charge in [-0.25, -0.2) is 0 Å². The Bertz CT molecular complexity index is 807. The number of thioether (sulfide) groups is 1. The highest BCUT2D eigenvalue weighted by Crippen LogP contribution is 2.30. The number of allylic oxidation sites excluding steroid dienone is 1. The van der Waals surface area contributed by atoms with Gasteiger partial charge in [0.1, 0.15) is 0 Å². The number of carbonyl (C=O) groups excluding carboxylic acids is 1. The van der Waals surface area contributed by atoms with Crippen LogP contribution in [0.3, 0.4) is 0 Å². The van der Waals surface area contributed by atoms with Crippen molar-refractivity contribution in [2.45, 2.75) is 25.2 Å². The fourth-order valence-corrected chi connectivity index (χ4v) is 3.35. The molecule has 3 nitrogen and oxygen atoms in total. The Balaban J connectivity index is 1.91. The highest BCUT2D eigenvalue weighted by molar-refractivity contribution is 8.02. The molecule has 2 aromatic carbocycles. The molecule has 1 aliphatic rings. The van der Waals surface area contributed by atoms with Crippen molar-refractivity contribution >= 4 is 23.4 Å². The van der Waals surface area contributed by atoms with Gasteiger partial charge < -0.3 is 4.74 Å². The number of hydrogen-bond donors (Lipinski definition) is 0. The first kappa shape index (κ1) is 16.5. The number of hydrogen-bond acceptors (Lipinski definition) is 4. The van der Waals surface area contributed by atoms with Crippen LogP contribution < -0.4 is 0 Å². The Kier molecular flexibility index (Phi) is 5.16. The van der Waals surface area contributed by atoms with E-state index >= 15 is 0 Å². The van der Waals surface area contributed by atoms with Crippen molar-refractivity contribution in [1.29, 1.82) is 0 Å². The van der Waals surface area contributed by atoms with Crippen LogP contribution >= 0.6 is 11.8 Å². The third-order valence-electron chi connectivity index (χ3n) is 3.67. The molecular formula is C20H19NO2S. The highest BCUT2D eigenvalue weighted by atomic mass is 32.2. The van der Waals surface area contributed by atoms with Gasteiger partial charge in [0.05, 0.1) is 18.7 Å². The minimum absolute atomic E-state index is 0.197. The first-order valence-electron chi connectivity index (χ1n) is 7.94. The van der Waals surface area contributed by atoms with Gasteiger partial charge >= 0.3 is 5.97 Å². The quantitative estimate of drug-likeness (QED) is 0.766. The van der Waals surface area contributed by atoms with Gasteiger partial charge in [-0.1, -0.05) is 54.2 Å². The third kappa shape index (κ3) is 3.77. The Labute approximate surface area is 146 Å². The van der Waals surface area contributed by atoms with Crippen molar-refractivity contribution in [3.63, 3.8) is 0 Å². The van der Waals surface area contributed by atoms with Crippen LogP contribution in [-0.4, -0.2) is 18.3 Å². The van der Waals surface area contributed by atoms with Gasteiger partial charge in [0, 0.05) is 21.7 Å². The topological polar surface area (TPSA) is 38.7 Å². The van der Waals surface area contributed by atoms with Crippen LogP contribution in [0.25, 0.3) is 0 Å². The normalized spacial score (nSPS) is 13.4. The zero-order valence-electron chi connectivity index (χ0n) is 13.8. The second-order valence-corrected chi connectivity index (χ2v) is 6.42. The van der Waals surface area contributed by atoms with E-state index in [1.54, 1.807) is 11.8 Å². The van der Waals surface area contributed by atoms with Crippen LogP contribution in [0, 0.1) is 0 Å². The summed E-state index contributed by atoms with van der Waals surface area (Å²) in [6.07, 6.45) is 0.298. The molecule has 122 valence electrons. The number of fused-ring (bicyclic) bond motifs is 1. The van der Waals surface area contributed by atoms with E-state index in [1.807, 2.05) is 50.2 Å². The molecule has 0 saturated heterocycles. The van der Waals surface area contributed by atoms with Crippen molar-refractivity contribution in [1.82, 2.24) is 0 Å². The predicted molar refractivity (Wildman–Crippen MR) is 98.5 cm³/mol. The molecule has 0 N–H and O–H groups in total. The molecule has 0 atom stereocenters. The number of rotatable bonds is 4. The second kappa shape index (κ2) is 7.49. The lowest BCUT2D eigenvalue weighted by atomic mass is 10.00. The van der Waals surface area contributed by atoms with Gasteiger partial charge in [-0.05, 0) is 30.9 Å². The van der Waals surface area contributed by atoms with E-state index in [0.717, 1.165) is 28.1 Å². The second-order valence-electron chi connectivity index (χ2n) is 5.51. The van der Waals surface area contributed by atoms with Crippen molar-refractivity contribution in [3.8, 4) is 0 Å². The molecule has 3 rings (SSSR count). The molecule has 1 heterocycles. The molecule has 24 heavy (non-hydrogen) atoms. The summed E-state index contributed by atoms with van der Waals surface area (Å²) >= 11 is 1.70. The first-order chi connectivity index (χ1) is 11.7. The maximum atomic E-state index is 11.6.